The Morgan fingerprint density at radius 2 is 1.19 bits per heavy atom. The summed E-state index contributed by atoms with van der Waals surface area (Å²) < 4.78 is 0. The highest BCUT2D eigenvalue weighted by molar-refractivity contribution is 7.08. The van der Waals surface area contributed by atoms with Gasteiger partial charge in [0.1, 0.15) is 0 Å². The van der Waals surface area contributed by atoms with E-state index in [9.17, 15) is 0 Å². The van der Waals surface area contributed by atoms with E-state index in [0.29, 0.717) is 11.5 Å². The van der Waals surface area contributed by atoms with Crippen LogP contribution < -0.4 is 10.4 Å². The predicted molar refractivity (Wildman–Crippen MR) is 136 cm³/mol. The summed E-state index contributed by atoms with van der Waals surface area (Å²) in [7, 11) is -2.39. The molecule has 0 fully saturated rings. The molecule has 31 heavy (non-hydrogen) atoms. The molecule has 5 rings (SSSR count). The van der Waals surface area contributed by atoms with E-state index >= 15 is 0 Å². The van der Waals surface area contributed by atoms with Gasteiger partial charge in [0.05, 0.1) is 0 Å². The summed E-state index contributed by atoms with van der Waals surface area (Å²) in [5, 5.41) is 4.71. The van der Waals surface area contributed by atoms with E-state index in [4.69, 9.17) is 0 Å². The molecule has 0 heterocycles. The highest BCUT2D eigenvalue weighted by Crippen LogP contribution is 2.48. The molecule has 0 aromatic heterocycles. The topological polar surface area (TPSA) is 0 Å². The molecule has 3 aromatic rings. The molecule has 2 aliphatic rings. The number of rotatable bonds is 4. The van der Waals surface area contributed by atoms with Gasteiger partial charge >= 0.3 is 0 Å². The maximum atomic E-state index is 2.51. The highest BCUT2D eigenvalue weighted by atomic mass is 28.3. The maximum Gasteiger partial charge on any atom is 0.156 e. The summed E-state index contributed by atoms with van der Waals surface area (Å²) in [6, 6.07) is 31.8. The highest BCUT2D eigenvalue weighted by Gasteiger charge is 2.52. The average Bonchev–Trinajstić information content (AvgIpc) is 3.33. The van der Waals surface area contributed by atoms with Crippen molar-refractivity contribution in [2.45, 2.75) is 33.2 Å². The van der Waals surface area contributed by atoms with Crippen molar-refractivity contribution in [3.8, 4) is 0 Å². The second-order valence-electron chi connectivity index (χ2n) is 9.07. The normalized spacial score (nSPS) is 20.5. The third kappa shape index (κ3) is 2.87. The summed E-state index contributed by atoms with van der Waals surface area (Å²) in [6.45, 7) is 9.46. The Balaban J connectivity index is 1.91. The quantitative estimate of drug-likeness (QED) is 0.428. The summed E-state index contributed by atoms with van der Waals surface area (Å²) >= 11 is 0. The van der Waals surface area contributed by atoms with Crippen molar-refractivity contribution in [3.63, 3.8) is 0 Å². The van der Waals surface area contributed by atoms with Crippen LogP contribution in [0, 0.1) is 5.92 Å². The van der Waals surface area contributed by atoms with Crippen LogP contribution in [-0.2, 0) is 0 Å². The van der Waals surface area contributed by atoms with Crippen LogP contribution >= 0.6 is 0 Å². The fourth-order valence-electron chi connectivity index (χ4n) is 6.03. The number of hydrogen-bond acceptors (Lipinski definition) is 0. The van der Waals surface area contributed by atoms with E-state index in [-0.39, 0.29) is 0 Å². The molecule has 0 radical (unpaired) electrons. The van der Waals surface area contributed by atoms with Gasteiger partial charge in [-0.3, -0.25) is 0 Å². The largest absolute Gasteiger partial charge is 0.156 e. The average molecular weight is 419 g/mol. The van der Waals surface area contributed by atoms with Crippen LogP contribution in [0.2, 0.25) is 0 Å². The number of fused-ring (bicyclic) bond motifs is 1. The zero-order valence-corrected chi connectivity index (χ0v) is 19.9. The number of benzene rings is 3. The van der Waals surface area contributed by atoms with E-state index in [1.54, 1.807) is 5.20 Å². The van der Waals surface area contributed by atoms with Gasteiger partial charge in [-0.25, -0.2) is 0 Å². The third-order valence-corrected chi connectivity index (χ3v) is 13.4. The van der Waals surface area contributed by atoms with E-state index in [2.05, 4.69) is 125 Å². The van der Waals surface area contributed by atoms with Gasteiger partial charge in [-0.15, -0.1) is 0 Å². The molecule has 2 unspecified atom stereocenters. The zero-order valence-electron chi connectivity index (χ0n) is 18.9. The first-order valence-electron chi connectivity index (χ1n) is 11.3. The lowest BCUT2D eigenvalue weighted by Crippen LogP contribution is -2.65. The monoisotopic (exact) mass is 418 g/mol. The van der Waals surface area contributed by atoms with E-state index in [1.807, 2.05) is 0 Å². The van der Waals surface area contributed by atoms with Crippen molar-refractivity contribution >= 4 is 24.5 Å². The standard InChI is InChI=1S/C30H30Si/c1-21-22(2)24(4)30(23(21)3)31(26-14-7-5-8-15-26,27-16-9-6-10-17-27)29-20-19-25-13-11-12-18-28(25)29/h5-20,23,29H,1-4H3. The van der Waals surface area contributed by atoms with Crippen LogP contribution in [0.25, 0.3) is 6.08 Å². The first-order valence-corrected chi connectivity index (χ1v) is 13.4. The first kappa shape index (κ1) is 20.0. The summed E-state index contributed by atoms with van der Waals surface area (Å²) in [6.07, 6.45) is 4.86. The second kappa shape index (κ2) is 7.66. The smallest absolute Gasteiger partial charge is 0.0781 e. The molecule has 1 heteroatoms. The predicted octanol–water partition coefficient (Wildman–Crippen LogP) is 6.44. The molecule has 2 aliphatic carbocycles. The van der Waals surface area contributed by atoms with Crippen molar-refractivity contribution in [2.24, 2.45) is 5.92 Å². The Labute approximate surface area is 187 Å². The molecule has 0 saturated carbocycles. The molecule has 0 spiro atoms. The molecule has 3 aromatic carbocycles. The van der Waals surface area contributed by atoms with Gasteiger partial charge in [-0.2, -0.15) is 0 Å². The Morgan fingerprint density at radius 3 is 1.74 bits per heavy atom. The van der Waals surface area contributed by atoms with Gasteiger partial charge in [0, 0.05) is 5.54 Å². The van der Waals surface area contributed by atoms with Crippen LogP contribution in [-0.4, -0.2) is 8.07 Å². The van der Waals surface area contributed by atoms with Crippen LogP contribution in [0.5, 0.6) is 0 Å². The van der Waals surface area contributed by atoms with E-state index in [0.717, 1.165) is 0 Å². The third-order valence-electron chi connectivity index (χ3n) is 7.79. The van der Waals surface area contributed by atoms with Gasteiger partial charge in [0.25, 0.3) is 0 Å². The van der Waals surface area contributed by atoms with Crippen molar-refractivity contribution in [2.75, 3.05) is 0 Å². The Bertz CT molecular complexity index is 1170. The first-order chi connectivity index (χ1) is 15.1. The van der Waals surface area contributed by atoms with Crippen LogP contribution in [0.3, 0.4) is 0 Å². The minimum absolute atomic E-state index is 0.389. The summed E-state index contributed by atoms with van der Waals surface area (Å²) in [5.74, 6) is 0.466. The molecular weight excluding hydrogens is 388 g/mol. The van der Waals surface area contributed by atoms with E-state index < -0.39 is 8.07 Å². The van der Waals surface area contributed by atoms with Crippen molar-refractivity contribution < 1.29 is 0 Å². The minimum Gasteiger partial charge on any atom is -0.0781 e. The molecule has 0 N–H and O–H groups in total. The lowest BCUT2D eigenvalue weighted by molar-refractivity contribution is 0.845. The lowest BCUT2D eigenvalue weighted by atomic mass is 10.1. The van der Waals surface area contributed by atoms with Gasteiger partial charge in [-0.1, -0.05) is 120 Å². The zero-order chi connectivity index (χ0) is 21.6. The van der Waals surface area contributed by atoms with Crippen molar-refractivity contribution in [1.29, 1.82) is 0 Å². The fraction of sp³-hybridized carbons (Fsp3) is 0.200. The van der Waals surface area contributed by atoms with Gasteiger partial charge in [0.15, 0.2) is 8.07 Å². The van der Waals surface area contributed by atoms with E-state index in [1.165, 1.54) is 38.2 Å². The minimum atomic E-state index is -2.39. The van der Waals surface area contributed by atoms with Gasteiger partial charge < -0.3 is 0 Å². The molecule has 154 valence electrons. The second-order valence-corrected chi connectivity index (χ2v) is 13.0. The molecule has 0 amide bonds. The summed E-state index contributed by atoms with van der Waals surface area (Å²) in [4.78, 5) is 0. The molecule has 0 saturated heterocycles. The summed E-state index contributed by atoms with van der Waals surface area (Å²) in [5.41, 5.74) is 7.79. The Kier molecular flexibility index (Phi) is 4.95. The van der Waals surface area contributed by atoms with Crippen molar-refractivity contribution in [1.82, 2.24) is 0 Å². The van der Waals surface area contributed by atoms with Crippen LogP contribution in [0.1, 0.15) is 44.4 Å². The molecular formula is C30H30Si. The van der Waals surface area contributed by atoms with Crippen molar-refractivity contribution in [3.05, 3.63) is 124 Å². The fourth-order valence-corrected chi connectivity index (χ4v) is 12.3. The maximum absolute atomic E-state index is 2.51. The molecule has 0 aliphatic heterocycles. The molecule has 0 bridgehead atoms. The van der Waals surface area contributed by atoms with Crippen LogP contribution in [0.15, 0.2) is 113 Å². The van der Waals surface area contributed by atoms with Gasteiger partial charge in [0.2, 0.25) is 0 Å². The Hall–Kier alpha value is -2.90. The molecule has 2 atom stereocenters. The Morgan fingerprint density at radius 1 is 0.645 bits per heavy atom. The number of allylic oxidation sites excluding steroid dienone is 5. The lowest BCUT2D eigenvalue weighted by Gasteiger charge is -2.42. The van der Waals surface area contributed by atoms with Gasteiger partial charge in [-0.05, 0) is 53.8 Å². The number of hydrogen-bond donors (Lipinski definition) is 0. The van der Waals surface area contributed by atoms with Crippen LogP contribution in [0.4, 0.5) is 0 Å². The SMILES string of the molecule is CC1=C(C)C(C)C([Si](c2ccccc2)(c2ccccc2)C2C=Cc3ccccc32)=C1C. The molecule has 0 nitrogen and oxygen atoms in total.